The molecule has 0 amide bonds. The first-order chi connectivity index (χ1) is 6.52. The third kappa shape index (κ3) is 2.73. The third-order valence-corrected chi connectivity index (χ3v) is 2.50. The molecule has 1 aromatic rings. The fourth-order valence-electron chi connectivity index (χ4n) is 1.79. The van der Waals surface area contributed by atoms with E-state index in [-0.39, 0.29) is 0 Å². The molecule has 1 rings (SSSR count). The van der Waals surface area contributed by atoms with Gasteiger partial charge in [0.05, 0.1) is 0 Å². The Morgan fingerprint density at radius 1 is 1.14 bits per heavy atom. The molecule has 77 valence electrons. The van der Waals surface area contributed by atoms with E-state index in [1.165, 1.54) is 11.5 Å². The lowest BCUT2D eigenvalue weighted by atomic mass is 9.95. The van der Waals surface area contributed by atoms with Crippen LogP contribution in [0.2, 0.25) is 5.02 Å². The van der Waals surface area contributed by atoms with Crippen LogP contribution in [0.15, 0.2) is 24.3 Å². The van der Waals surface area contributed by atoms with E-state index in [4.69, 9.17) is 11.6 Å². The molecule has 0 bridgehead atoms. The normalized spacial score (nSPS) is 13.6. The van der Waals surface area contributed by atoms with Gasteiger partial charge in [-0.3, -0.25) is 0 Å². The van der Waals surface area contributed by atoms with Crippen LogP contribution < -0.4 is 0 Å². The van der Waals surface area contributed by atoms with Gasteiger partial charge in [-0.05, 0) is 37.7 Å². The number of hydrogen-bond acceptors (Lipinski definition) is 1. The third-order valence-electron chi connectivity index (χ3n) is 2.25. The van der Waals surface area contributed by atoms with Crippen LogP contribution in [0.1, 0.15) is 25.5 Å². The van der Waals surface area contributed by atoms with Gasteiger partial charge in [-0.15, -0.1) is 0 Å². The van der Waals surface area contributed by atoms with Crippen molar-refractivity contribution in [2.75, 3.05) is 14.1 Å². The van der Waals surface area contributed by atoms with E-state index >= 15 is 0 Å². The van der Waals surface area contributed by atoms with Crippen molar-refractivity contribution < 1.29 is 0 Å². The SMILES string of the molecule is C[C](C)C(c1ccc(Cl)cc1)N(C)C. The minimum atomic E-state index is 0.382. The Bertz CT molecular complexity index is 269. The molecule has 2 heteroatoms. The van der Waals surface area contributed by atoms with Gasteiger partial charge < -0.3 is 4.90 Å². The lowest BCUT2D eigenvalue weighted by molar-refractivity contribution is 0.312. The molecule has 0 saturated carbocycles. The summed E-state index contributed by atoms with van der Waals surface area (Å²) in [6.45, 7) is 4.30. The van der Waals surface area contributed by atoms with E-state index in [0.717, 1.165) is 5.02 Å². The molecular weight excluding hydrogens is 194 g/mol. The predicted molar refractivity (Wildman–Crippen MR) is 62.5 cm³/mol. The van der Waals surface area contributed by atoms with Crippen molar-refractivity contribution in [3.05, 3.63) is 40.8 Å². The maximum atomic E-state index is 5.86. The number of nitrogens with zero attached hydrogens (tertiary/aromatic N) is 1. The largest absolute Gasteiger partial charge is 0.302 e. The van der Waals surface area contributed by atoms with Gasteiger partial charge in [-0.2, -0.15) is 0 Å². The summed E-state index contributed by atoms with van der Waals surface area (Å²) in [6, 6.07) is 8.43. The maximum Gasteiger partial charge on any atom is 0.0406 e. The van der Waals surface area contributed by atoms with Gasteiger partial charge in [0.15, 0.2) is 0 Å². The molecule has 1 radical (unpaired) electrons. The molecule has 1 atom stereocenters. The minimum absolute atomic E-state index is 0.382. The molecule has 0 aliphatic rings. The van der Waals surface area contributed by atoms with Gasteiger partial charge in [0, 0.05) is 11.1 Å². The first kappa shape index (κ1) is 11.5. The summed E-state index contributed by atoms with van der Waals surface area (Å²) >= 11 is 5.86. The maximum absolute atomic E-state index is 5.86. The molecule has 0 saturated heterocycles. The van der Waals surface area contributed by atoms with Crippen molar-refractivity contribution in [1.29, 1.82) is 0 Å². The predicted octanol–water partition coefficient (Wildman–Crippen LogP) is 3.56. The molecule has 0 aliphatic heterocycles. The summed E-state index contributed by atoms with van der Waals surface area (Å²) in [7, 11) is 4.18. The molecule has 0 fully saturated rings. The lowest BCUT2D eigenvalue weighted by Crippen LogP contribution is -2.23. The van der Waals surface area contributed by atoms with E-state index in [1.54, 1.807) is 0 Å². The second-order valence-corrected chi connectivity index (χ2v) is 4.43. The summed E-state index contributed by atoms with van der Waals surface area (Å²) < 4.78 is 0. The van der Waals surface area contributed by atoms with Crippen LogP contribution >= 0.6 is 11.6 Å². The summed E-state index contributed by atoms with van der Waals surface area (Å²) in [5.74, 6) is 1.39. The summed E-state index contributed by atoms with van der Waals surface area (Å²) in [5.41, 5.74) is 1.29. The van der Waals surface area contributed by atoms with Crippen LogP contribution in [-0.2, 0) is 0 Å². The molecule has 0 aliphatic carbocycles. The highest BCUT2D eigenvalue weighted by Gasteiger charge is 2.17. The van der Waals surface area contributed by atoms with Crippen molar-refractivity contribution in [2.45, 2.75) is 19.9 Å². The second kappa shape index (κ2) is 4.81. The van der Waals surface area contributed by atoms with Crippen molar-refractivity contribution in [1.82, 2.24) is 4.90 Å². The highest BCUT2D eigenvalue weighted by Crippen LogP contribution is 2.28. The van der Waals surface area contributed by atoms with Gasteiger partial charge >= 0.3 is 0 Å². The molecule has 1 nitrogen and oxygen atoms in total. The molecule has 14 heavy (non-hydrogen) atoms. The number of rotatable bonds is 3. The Morgan fingerprint density at radius 2 is 1.64 bits per heavy atom. The standard InChI is InChI=1S/C12H17ClN/c1-9(2)12(14(3)4)10-5-7-11(13)8-6-10/h5-8,12H,1-4H3. The van der Waals surface area contributed by atoms with Crippen LogP contribution in [-0.4, -0.2) is 19.0 Å². The van der Waals surface area contributed by atoms with Crippen molar-refractivity contribution >= 4 is 11.6 Å². The Kier molecular flexibility index (Phi) is 3.97. The summed E-state index contributed by atoms with van der Waals surface area (Å²) in [4.78, 5) is 2.21. The summed E-state index contributed by atoms with van der Waals surface area (Å²) in [6.07, 6.45) is 0. The Balaban J connectivity index is 2.94. The lowest BCUT2D eigenvalue weighted by Gasteiger charge is -2.28. The Morgan fingerprint density at radius 3 is 2.00 bits per heavy atom. The quantitative estimate of drug-likeness (QED) is 0.738. The van der Waals surface area contributed by atoms with Gasteiger partial charge in [0.1, 0.15) is 0 Å². The monoisotopic (exact) mass is 210 g/mol. The molecule has 0 heterocycles. The van der Waals surface area contributed by atoms with Crippen molar-refractivity contribution in [2.24, 2.45) is 0 Å². The van der Waals surface area contributed by atoms with Crippen molar-refractivity contribution in [3.63, 3.8) is 0 Å². The van der Waals surface area contributed by atoms with Gasteiger partial charge in [0.25, 0.3) is 0 Å². The van der Waals surface area contributed by atoms with Crippen LogP contribution in [0, 0.1) is 5.92 Å². The second-order valence-electron chi connectivity index (χ2n) is 4.00. The number of halogens is 1. The molecule has 1 unspecified atom stereocenters. The molecule has 0 spiro atoms. The zero-order chi connectivity index (χ0) is 10.7. The van der Waals surface area contributed by atoms with E-state index in [9.17, 15) is 0 Å². The fraction of sp³-hybridized carbons (Fsp3) is 0.417. The highest BCUT2D eigenvalue weighted by molar-refractivity contribution is 6.30. The number of benzene rings is 1. The van der Waals surface area contributed by atoms with Crippen LogP contribution in [0.3, 0.4) is 0 Å². The van der Waals surface area contributed by atoms with Gasteiger partial charge in [-0.25, -0.2) is 0 Å². The molecule has 0 N–H and O–H groups in total. The zero-order valence-electron chi connectivity index (χ0n) is 9.21. The summed E-state index contributed by atoms with van der Waals surface area (Å²) in [5, 5.41) is 0.792. The van der Waals surface area contributed by atoms with E-state index in [2.05, 4.69) is 45.0 Å². The Hall–Kier alpha value is -0.530. The van der Waals surface area contributed by atoms with Crippen LogP contribution in [0.4, 0.5) is 0 Å². The van der Waals surface area contributed by atoms with E-state index < -0.39 is 0 Å². The first-order valence-corrected chi connectivity index (χ1v) is 5.12. The average molecular weight is 211 g/mol. The van der Waals surface area contributed by atoms with E-state index in [1.807, 2.05) is 12.1 Å². The topological polar surface area (TPSA) is 3.24 Å². The smallest absolute Gasteiger partial charge is 0.0406 e. The van der Waals surface area contributed by atoms with Crippen molar-refractivity contribution in [3.8, 4) is 0 Å². The average Bonchev–Trinajstić information content (AvgIpc) is 2.07. The fourth-order valence-corrected chi connectivity index (χ4v) is 1.92. The molecule has 0 aromatic heterocycles. The zero-order valence-corrected chi connectivity index (χ0v) is 9.97. The first-order valence-electron chi connectivity index (χ1n) is 4.74. The van der Waals surface area contributed by atoms with Gasteiger partial charge in [0.2, 0.25) is 0 Å². The van der Waals surface area contributed by atoms with Crippen LogP contribution in [0.25, 0.3) is 0 Å². The minimum Gasteiger partial charge on any atom is -0.302 e. The van der Waals surface area contributed by atoms with Gasteiger partial charge in [-0.1, -0.05) is 37.6 Å². The molecule has 1 aromatic carbocycles. The Labute approximate surface area is 91.7 Å². The number of hydrogen-bond donors (Lipinski definition) is 0. The van der Waals surface area contributed by atoms with E-state index in [0.29, 0.717) is 6.04 Å². The van der Waals surface area contributed by atoms with Crippen LogP contribution in [0.5, 0.6) is 0 Å². The highest BCUT2D eigenvalue weighted by atomic mass is 35.5. The molecular formula is C12H17ClN.